The van der Waals surface area contributed by atoms with Crippen molar-refractivity contribution in [2.24, 2.45) is 5.92 Å². The van der Waals surface area contributed by atoms with Gasteiger partial charge in [0, 0.05) is 12.4 Å². The third-order valence-electron chi connectivity index (χ3n) is 4.50. The molecule has 2 atom stereocenters. The summed E-state index contributed by atoms with van der Waals surface area (Å²) in [7, 11) is 2.09. The molecule has 1 aromatic rings. The van der Waals surface area contributed by atoms with Crippen molar-refractivity contribution in [3.63, 3.8) is 0 Å². The molecule has 0 amide bonds. The van der Waals surface area contributed by atoms with E-state index >= 15 is 0 Å². The Hall–Kier alpha value is -1.35. The first-order valence-corrected chi connectivity index (χ1v) is 8.06. The third kappa shape index (κ3) is 5.16. The molecule has 2 nitrogen and oxygen atoms in total. The van der Waals surface area contributed by atoms with Gasteiger partial charge in [0.25, 0.3) is 0 Å². The van der Waals surface area contributed by atoms with Crippen LogP contribution in [-0.4, -0.2) is 24.7 Å². The van der Waals surface area contributed by atoms with Crippen LogP contribution in [0.5, 0.6) is 0 Å². The Bertz CT molecular complexity index is 469. The minimum absolute atomic E-state index is 0.625. The SMILES string of the molecule is C=C(C)CC1CCC(NC)B(/C=C/Cc2ccncc2)C1. The number of pyridine rings is 1. The fourth-order valence-corrected chi connectivity index (χ4v) is 3.44. The van der Waals surface area contributed by atoms with Gasteiger partial charge in [-0.3, -0.25) is 4.98 Å². The molecule has 1 aliphatic heterocycles. The van der Waals surface area contributed by atoms with Gasteiger partial charge in [-0.15, -0.1) is 12.6 Å². The predicted octanol–water partition coefficient (Wildman–Crippen LogP) is 3.72. The molecule has 112 valence electrons. The van der Waals surface area contributed by atoms with Gasteiger partial charge >= 0.3 is 0 Å². The second kappa shape index (κ2) is 8.18. The Morgan fingerprint density at radius 3 is 2.86 bits per heavy atom. The number of nitrogens with one attached hydrogen (secondary N) is 1. The normalized spacial score (nSPS) is 22.7. The second-order valence-corrected chi connectivity index (χ2v) is 6.39. The predicted molar refractivity (Wildman–Crippen MR) is 92.6 cm³/mol. The van der Waals surface area contributed by atoms with Crippen LogP contribution >= 0.6 is 0 Å². The standard InChI is InChI=1S/C18H27BN2/c1-15(2)13-17-6-7-18(20-3)19(14-17)10-4-5-16-8-11-21-12-9-16/h4,8-12,17-18,20H,1,5-7,13-14H2,2-3H3/b10-4+. The van der Waals surface area contributed by atoms with Gasteiger partial charge in [0.2, 0.25) is 0 Å². The van der Waals surface area contributed by atoms with E-state index in [-0.39, 0.29) is 0 Å². The topological polar surface area (TPSA) is 24.9 Å². The van der Waals surface area contributed by atoms with E-state index in [1.54, 1.807) is 0 Å². The van der Waals surface area contributed by atoms with E-state index in [4.69, 9.17) is 0 Å². The zero-order chi connectivity index (χ0) is 15.1. The van der Waals surface area contributed by atoms with E-state index in [1.807, 2.05) is 12.4 Å². The van der Waals surface area contributed by atoms with Crippen LogP contribution in [0, 0.1) is 5.92 Å². The smallest absolute Gasteiger partial charge is 0.185 e. The molecule has 1 fully saturated rings. The highest BCUT2D eigenvalue weighted by Gasteiger charge is 2.30. The van der Waals surface area contributed by atoms with Gasteiger partial charge in [0.1, 0.15) is 0 Å². The fraction of sp³-hybridized carbons (Fsp3) is 0.500. The average Bonchev–Trinajstić information content (AvgIpc) is 2.48. The molecule has 0 bridgehead atoms. The summed E-state index contributed by atoms with van der Waals surface area (Å²) in [6.45, 7) is 6.88. The monoisotopic (exact) mass is 282 g/mol. The van der Waals surface area contributed by atoms with Crippen molar-refractivity contribution in [2.75, 3.05) is 7.05 Å². The zero-order valence-corrected chi connectivity index (χ0v) is 13.4. The zero-order valence-electron chi connectivity index (χ0n) is 13.4. The fourth-order valence-electron chi connectivity index (χ4n) is 3.44. The molecular formula is C18H27BN2. The lowest BCUT2D eigenvalue weighted by atomic mass is 9.36. The van der Waals surface area contributed by atoms with Crippen LogP contribution < -0.4 is 5.32 Å². The first-order chi connectivity index (χ1) is 10.2. The first-order valence-electron chi connectivity index (χ1n) is 8.06. The van der Waals surface area contributed by atoms with Gasteiger partial charge in [-0.1, -0.05) is 18.0 Å². The summed E-state index contributed by atoms with van der Waals surface area (Å²) in [5.74, 6) is 3.86. The molecule has 1 aromatic heterocycles. The molecule has 1 aliphatic rings. The molecular weight excluding hydrogens is 255 g/mol. The van der Waals surface area contributed by atoms with E-state index in [9.17, 15) is 0 Å². The highest BCUT2D eigenvalue weighted by Crippen LogP contribution is 2.29. The van der Waals surface area contributed by atoms with Gasteiger partial charge in [0.05, 0.1) is 0 Å². The van der Waals surface area contributed by atoms with Gasteiger partial charge in [-0.05, 0) is 69.2 Å². The average molecular weight is 282 g/mol. The Morgan fingerprint density at radius 2 is 2.19 bits per heavy atom. The third-order valence-corrected chi connectivity index (χ3v) is 4.50. The van der Waals surface area contributed by atoms with E-state index in [0.29, 0.717) is 12.7 Å². The van der Waals surface area contributed by atoms with Crippen molar-refractivity contribution in [3.05, 3.63) is 54.3 Å². The second-order valence-electron chi connectivity index (χ2n) is 6.39. The number of hydrogen-bond donors (Lipinski definition) is 1. The Morgan fingerprint density at radius 1 is 1.43 bits per heavy atom. The maximum absolute atomic E-state index is 4.08. The summed E-state index contributed by atoms with van der Waals surface area (Å²) in [6, 6.07) is 4.18. The molecule has 3 heteroatoms. The van der Waals surface area contributed by atoms with Crippen molar-refractivity contribution >= 4 is 6.71 Å². The van der Waals surface area contributed by atoms with Crippen molar-refractivity contribution in [1.29, 1.82) is 0 Å². The van der Waals surface area contributed by atoms with Gasteiger partial charge in [0.15, 0.2) is 6.71 Å². The molecule has 1 N–H and O–H groups in total. The van der Waals surface area contributed by atoms with Gasteiger partial charge in [-0.2, -0.15) is 0 Å². The summed E-state index contributed by atoms with van der Waals surface area (Å²) in [5, 5.41) is 3.49. The highest BCUT2D eigenvalue weighted by atomic mass is 14.8. The van der Waals surface area contributed by atoms with E-state index < -0.39 is 0 Å². The molecule has 0 saturated carbocycles. The lowest BCUT2D eigenvalue weighted by molar-refractivity contribution is 0.447. The molecule has 0 aliphatic carbocycles. The summed E-state index contributed by atoms with van der Waals surface area (Å²) in [6.07, 6.45) is 12.1. The molecule has 0 aromatic carbocycles. The van der Waals surface area contributed by atoms with E-state index in [2.05, 4.69) is 55.0 Å². The minimum atomic E-state index is 0.625. The van der Waals surface area contributed by atoms with Crippen LogP contribution in [-0.2, 0) is 6.42 Å². The van der Waals surface area contributed by atoms with Crippen LogP contribution in [0.15, 0.2) is 48.7 Å². The van der Waals surface area contributed by atoms with Crippen LogP contribution in [0.25, 0.3) is 0 Å². The van der Waals surface area contributed by atoms with E-state index in [1.165, 1.54) is 36.7 Å². The highest BCUT2D eigenvalue weighted by molar-refractivity contribution is 6.66. The Labute approximate surface area is 129 Å². The minimum Gasteiger partial charge on any atom is -0.324 e. The molecule has 2 heterocycles. The number of allylic oxidation sites excluding steroid dienone is 2. The summed E-state index contributed by atoms with van der Waals surface area (Å²) < 4.78 is 0. The summed E-state index contributed by atoms with van der Waals surface area (Å²) in [5.41, 5.74) is 2.65. The molecule has 2 unspecified atom stereocenters. The Kier molecular flexibility index (Phi) is 6.25. The van der Waals surface area contributed by atoms with Crippen molar-refractivity contribution in [2.45, 2.75) is 44.9 Å². The van der Waals surface area contributed by atoms with Crippen LogP contribution in [0.1, 0.15) is 31.7 Å². The lowest BCUT2D eigenvalue weighted by Gasteiger charge is -2.32. The molecule has 2 rings (SSSR count). The maximum Gasteiger partial charge on any atom is 0.185 e. The van der Waals surface area contributed by atoms with Crippen LogP contribution in [0.2, 0.25) is 6.32 Å². The molecule has 21 heavy (non-hydrogen) atoms. The van der Waals surface area contributed by atoms with Gasteiger partial charge < -0.3 is 5.32 Å². The number of nitrogens with zero attached hydrogens (tertiary/aromatic N) is 1. The maximum atomic E-state index is 4.08. The lowest BCUT2D eigenvalue weighted by Crippen LogP contribution is -2.44. The van der Waals surface area contributed by atoms with E-state index in [0.717, 1.165) is 12.3 Å². The summed E-state index contributed by atoms with van der Waals surface area (Å²) >= 11 is 0. The summed E-state index contributed by atoms with van der Waals surface area (Å²) in [4.78, 5) is 4.06. The van der Waals surface area contributed by atoms with Crippen LogP contribution in [0.3, 0.4) is 0 Å². The van der Waals surface area contributed by atoms with Gasteiger partial charge in [-0.25, -0.2) is 0 Å². The quantitative estimate of drug-likeness (QED) is 0.635. The van der Waals surface area contributed by atoms with Crippen molar-refractivity contribution < 1.29 is 0 Å². The first kappa shape index (κ1) is 16.0. The largest absolute Gasteiger partial charge is 0.324 e. The molecule has 1 saturated heterocycles. The number of aromatic nitrogens is 1. The van der Waals surface area contributed by atoms with Crippen molar-refractivity contribution in [3.8, 4) is 0 Å². The molecule has 0 spiro atoms. The number of hydrogen-bond acceptors (Lipinski definition) is 2. The Balaban J connectivity index is 1.92. The molecule has 0 radical (unpaired) electrons. The van der Waals surface area contributed by atoms with Crippen LogP contribution in [0.4, 0.5) is 0 Å². The van der Waals surface area contributed by atoms with Crippen molar-refractivity contribution in [1.82, 2.24) is 10.3 Å². The number of rotatable bonds is 6.